The molecular weight excluding hydrogens is 332 g/mol. The van der Waals surface area contributed by atoms with Crippen LogP contribution in [0.15, 0.2) is 41.4 Å². The average Bonchev–Trinajstić information content (AvgIpc) is 2.54. The predicted octanol–water partition coefficient (Wildman–Crippen LogP) is 3.07. The van der Waals surface area contributed by atoms with Crippen LogP contribution in [0.5, 0.6) is 0 Å². The summed E-state index contributed by atoms with van der Waals surface area (Å²) >= 11 is 0. The smallest absolute Gasteiger partial charge is 0.450 e. The van der Waals surface area contributed by atoms with Crippen LogP contribution < -0.4 is 4.72 Å². The van der Waals surface area contributed by atoms with E-state index in [9.17, 15) is 8.42 Å². The highest BCUT2D eigenvalue weighted by Crippen LogP contribution is 2.23. The van der Waals surface area contributed by atoms with Gasteiger partial charge in [0.05, 0.1) is 5.52 Å². The van der Waals surface area contributed by atoms with Gasteiger partial charge in [-0.2, -0.15) is 0 Å². The molecule has 3 N–H and O–H groups in total. The van der Waals surface area contributed by atoms with E-state index in [0.29, 0.717) is 5.52 Å². The van der Waals surface area contributed by atoms with Gasteiger partial charge >= 0.3 is 6.16 Å². The van der Waals surface area contributed by atoms with E-state index in [2.05, 4.69) is 9.71 Å². The number of carboxylic acid groups (broad SMARTS) is 2. The number of hydrogen-bond donors (Lipinski definition) is 3. The maximum atomic E-state index is 12.6. The molecule has 24 heavy (non-hydrogen) atoms. The molecule has 8 heteroatoms. The molecule has 0 aliphatic heterocycles. The Morgan fingerprint density at radius 2 is 1.71 bits per heavy atom. The fourth-order valence-corrected chi connectivity index (χ4v) is 4.28. The zero-order chi connectivity index (χ0) is 17.6. The molecule has 0 atom stereocenters. The van der Waals surface area contributed by atoms with E-state index in [1.165, 1.54) is 6.42 Å². The molecular formula is C16H20N2O5S. The van der Waals surface area contributed by atoms with Gasteiger partial charge in [0, 0.05) is 17.6 Å². The molecule has 1 heterocycles. The van der Waals surface area contributed by atoms with E-state index >= 15 is 0 Å². The number of pyridine rings is 1. The van der Waals surface area contributed by atoms with Gasteiger partial charge in [-0.15, -0.1) is 0 Å². The topological polar surface area (TPSA) is 117 Å². The van der Waals surface area contributed by atoms with Crippen LogP contribution >= 0.6 is 0 Å². The summed E-state index contributed by atoms with van der Waals surface area (Å²) in [5.74, 6) is 0. The highest BCUT2D eigenvalue weighted by Gasteiger charge is 2.23. The van der Waals surface area contributed by atoms with Crippen molar-refractivity contribution in [2.24, 2.45) is 0 Å². The van der Waals surface area contributed by atoms with Gasteiger partial charge in [-0.3, -0.25) is 4.98 Å². The van der Waals surface area contributed by atoms with Gasteiger partial charge in [0.2, 0.25) is 10.0 Å². The second kappa shape index (κ2) is 8.07. The van der Waals surface area contributed by atoms with Crippen LogP contribution in [0.25, 0.3) is 10.9 Å². The third-order valence-electron chi connectivity index (χ3n) is 3.81. The van der Waals surface area contributed by atoms with E-state index in [1.807, 2.05) is 18.2 Å². The van der Waals surface area contributed by atoms with Crippen LogP contribution in [0.4, 0.5) is 4.79 Å². The Morgan fingerprint density at radius 3 is 2.38 bits per heavy atom. The minimum atomic E-state index is -3.50. The van der Waals surface area contributed by atoms with Crippen LogP contribution in [0.3, 0.4) is 0 Å². The van der Waals surface area contributed by atoms with Crippen molar-refractivity contribution in [3.8, 4) is 0 Å². The summed E-state index contributed by atoms with van der Waals surface area (Å²) < 4.78 is 28.0. The molecule has 0 bridgehead atoms. The Balaban J connectivity index is 0.000000471. The highest BCUT2D eigenvalue weighted by molar-refractivity contribution is 7.89. The molecule has 1 aromatic carbocycles. The molecule has 1 fully saturated rings. The summed E-state index contributed by atoms with van der Waals surface area (Å²) in [5, 5.41) is 14.8. The van der Waals surface area contributed by atoms with Crippen molar-refractivity contribution in [1.29, 1.82) is 0 Å². The molecule has 0 radical (unpaired) electrons. The number of fused-ring (bicyclic) bond motifs is 1. The second-order valence-electron chi connectivity index (χ2n) is 5.57. The molecule has 3 rings (SSSR count). The summed E-state index contributed by atoms with van der Waals surface area (Å²) in [4.78, 5) is 13.1. The summed E-state index contributed by atoms with van der Waals surface area (Å²) in [6.07, 6.45) is 5.05. The lowest BCUT2D eigenvalue weighted by atomic mass is 9.96. The van der Waals surface area contributed by atoms with Crippen LogP contribution in [0, 0.1) is 0 Å². The highest BCUT2D eigenvalue weighted by atomic mass is 32.2. The maximum absolute atomic E-state index is 12.6. The quantitative estimate of drug-likeness (QED) is 0.781. The second-order valence-corrected chi connectivity index (χ2v) is 7.25. The number of carbonyl (C=O) groups is 1. The summed E-state index contributed by atoms with van der Waals surface area (Å²) in [6, 6.07) is 9.02. The Labute approximate surface area is 140 Å². The first-order valence-corrected chi connectivity index (χ1v) is 9.16. The number of benzene rings is 1. The fraction of sp³-hybridized carbons (Fsp3) is 0.375. The Kier molecular flexibility index (Phi) is 6.10. The minimum absolute atomic E-state index is 0.0627. The Hall–Kier alpha value is -2.19. The van der Waals surface area contributed by atoms with E-state index in [1.54, 1.807) is 18.3 Å². The van der Waals surface area contributed by atoms with Crippen molar-refractivity contribution in [3.05, 3.63) is 36.5 Å². The van der Waals surface area contributed by atoms with E-state index in [-0.39, 0.29) is 10.9 Å². The molecule has 0 spiro atoms. The number of sulfonamides is 1. The van der Waals surface area contributed by atoms with Gasteiger partial charge in [-0.25, -0.2) is 17.9 Å². The standard InChI is InChI=1S/C15H18N2O2S.CH2O3/c18-20(19,17-13-8-2-1-3-9-13)14-10-4-6-12-7-5-11-16-15(12)14;2-1(3)4/h4-7,10-11,13,17H,1-3,8-9H2;(H2,2,3,4). The van der Waals surface area contributed by atoms with Crippen LogP contribution in [-0.4, -0.2) is 35.8 Å². The molecule has 7 nitrogen and oxygen atoms in total. The van der Waals surface area contributed by atoms with E-state index in [0.717, 1.165) is 31.1 Å². The van der Waals surface area contributed by atoms with Crippen LogP contribution in [0.1, 0.15) is 32.1 Å². The molecule has 1 aliphatic carbocycles. The van der Waals surface area contributed by atoms with Crippen molar-refractivity contribution in [3.63, 3.8) is 0 Å². The van der Waals surface area contributed by atoms with Gasteiger partial charge in [-0.1, -0.05) is 37.5 Å². The average molecular weight is 352 g/mol. The monoisotopic (exact) mass is 352 g/mol. The first-order chi connectivity index (χ1) is 11.4. The lowest BCUT2D eigenvalue weighted by Crippen LogP contribution is -2.36. The van der Waals surface area contributed by atoms with Crippen LogP contribution in [-0.2, 0) is 10.0 Å². The number of para-hydroxylation sites is 1. The van der Waals surface area contributed by atoms with Crippen molar-refractivity contribution < 1.29 is 23.4 Å². The molecule has 0 unspecified atom stereocenters. The largest absolute Gasteiger partial charge is 0.503 e. The third kappa shape index (κ3) is 4.90. The zero-order valence-corrected chi connectivity index (χ0v) is 13.9. The maximum Gasteiger partial charge on any atom is 0.503 e. The van der Waals surface area contributed by atoms with E-state index in [4.69, 9.17) is 15.0 Å². The number of rotatable bonds is 3. The van der Waals surface area contributed by atoms with Gasteiger partial charge in [0.1, 0.15) is 4.90 Å². The van der Waals surface area contributed by atoms with Crippen LogP contribution in [0.2, 0.25) is 0 Å². The molecule has 1 aliphatic rings. The van der Waals surface area contributed by atoms with Gasteiger partial charge in [-0.05, 0) is 25.0 Å². The van der Waals surface area contributed by atoms with Crippen molar-refractivity contribution in [1.82, 2.24) is 9.71 Å². The summed E-state index contributed by atoms with van der Waals surface area (Å²) in [6.45, 7) is 0. The number of hydrogen-bond acceptors (Lipinski definition) is 4. The Morgan fingerprint density at radius 1 is 1.08 bits per heavy atom. The summed E-state index contributed by atoms with van der Waals surface area (Å²) in [7, 11) is -3.50. The van der Waals surface area contributed by atoms with Gasteiger partial charge in [0.15, 0.2) is 0 Å². The van der Waals surface area contributed by atoms with E-state index < -0.39 is 16.2 Å². The molecule has 1 saturated carbocycles. The van der Waals surface area contributed by atoms with Crippen molar-refractivity contribution in [2.75, 3.05) is 0 Å². The zero-order valence-electron chi connectivity index (χ0n) is 13.1. The van der Waals surface area contributed by atoms with Gasteiger partial charge in [0.25, 0.3) is 0 Å². The molecule has 0 saturated heterocycles. The molecule has 130 valence electrons. The first kappa shape index (κ1) is 18.2. The van der Waals surface area contributed by atoms with Crippen molar-refractivity contribution >= 4 is 27.1 Å². The summed E-state index contributed by atoms with van der Waals surface area (Å²) in [5.41, 5.74) is 0.540. The lowest BCUT2D eigenvalue weighted by molar-refractivity contribution is 0.137. The van der Waals surface area contributed by atoms with Gasteiger partial charge < -0.3 is 10.2 Å². The predicted molar refractivity (Wildman–Crippen MR) is 89.6 cm³/mol. The SMILES string of the molecule is O=C(O)O.O=S(=O)(NC1CCCCC1)c1cccc2cccnc12. The minimum Gasteiger partial charge on any atom is -0.450 e. The normalized spacial score (nSPS) is 15.5. The number of aromatic nitrogens is 1. The lowest BCUT2D eigenvalue weighted by Gasteiger charge is -2.22. The Bertz CT molecular complexity index is 792. The number of nitrogens with one attached hydrogen (secondary N) is 1. The molecule has 1 aromatic heterocycles. The van der Waals surface area contributed by atoms with Crippen molar-refractivity contribution in [2.45, 2.75) is 43.0 Å². The fourth-order valence-electron chi connectivity index (χ4n) is 2.80. The third-order valence-corrected chi connectivity index (χ3v) is 5.36. The molecule has 2 aromatic rings. The molecule has 0 amide bonds. The number of nitrogens with zero attached hydrogens (tertiary/aromatic N) is 1. The first-order valence-electron chi connectivity index (χ1n) is 7.68.